The minimum Gasteiger partial charge on any atom is -0.381 e. The van der Waals surface area contributed by atoms with E-state index in [2.05, 4.69) is 22.2 Å². The number of anilines is 2. The Labute approximate surface area is 139 Å². The Hall–Kier alpha value is -2.31. The summed E-state index contributed by atoms with van der Waals surface area (Å²) < 4.78 is 27.2. The number of hydrogen-bond acceptors (Lipinski definition) is 4. The van der Waals surface area contributed by atoms with E-state index in [1.807, 2.05) is 30.3 Å². The lowest BCUT2D eigenvalue weighted by molar-refractivity contribution is 0.603. The smallest absolute Gasteiger partial charge is 0.271 e. The third kappa shape index (κ3) is 4.12. The first kappa shape index (κ1) is 15.6. The van der Waals surface area contributed by atoms with E-state index in [-0.39, 0.29) is 0 Å². The van der Waals surface area contributed by atoms with Gasteiger partial charge in [-0.15, -0.1) is 11.3 Å². The molecule has 0 saturated heterocycles. The molecule has 118 valence electrons. The largest absolute Gasteiger partial charge is 0.381 e. The van der Waals surface area contributed by atoms with Crippen molar-refractivity contribution in [1.82, 2.24) is 0 Å². The van der Waals surface area contributed by atoms with Crippen LogP contribution in [0.25, 0.3) is 0 Å². The van der Waals surface area contributed by atoms with Crippen LogP contribution >= 0.6 is 11.3 Å². The number of nitrogens with one attached hydrogen (secondary N) is 2. The van der Waals surface area contributed by atoms with Crippen molar-refractivity contribution in [1.29, 1.82) is 0 Å². The van der Waals surface area contributed by atoms with Crippen molar-refractivity contribution in [2.45, 2.75) is 10.8 Å². The number of sulfonamides is 1. The van der Waals surface area contributed by atoms with Gasteiger partial charge in [0.2, 0.25) is 0 Å². The minimum atomic E-state index is -3.49. The van der Waals surface area contributed by atoms with Gasteiger partial charge in [-0.1, -0.05) is 36.4 Å². The Morgan fingerprint density at radius 1 is 0.826 bits per heavy atom. The molecule has 0 aliphatic carbocycles. The second kappa shape index (κ2) is 6.85. The number of thiophene rings is 1. The van der Waals surface area contributed by atoms with Crippen LogP contribution in [0.15, 0.2) is 76.3 Å². The Kier molecular flexibility index (Phi) is 4.64. The van der Waals surface area contributed by atoms with Crippen molar-refractivity contribution in [2.75, 3.05) is 10.0 Å². The highest BCUT2D eigenvalue weighted by Gasteiger charge is 2.14. The van der Waals surface area contributed by atoms with E-state index in [9.17, 15) is 8.42 Å². The average Bonchev–Trinajstić information content (AvgIpc) is 3.10. The minimum absolute atomic E-state index is 0.309. The van der Waals surface area contributed by atoms with Gasteiger partial charge in [0.05, 0.1) is 0 Å². The van der Waals surface area contributed by atoms with Crippen molar-refractivity contribution < 1.29 is 8.42 Å². The zero-order valence-electron chi connectivity index (χ0n) is 12.3. The summed E-state index contributed by atoms with van der Waals surface area (Å²) in [6.45, 7) is 0.723. The lowest BCUT2D eigenvalue weighted by Crippen LogP contribution is -2.11. The van der Waals surface area contributed by atoms with Crippen LogP contribution in [0.1, 0.15) is 5.56 Å². The van der Waals surface area contributed by atoms with Gasteiger partial charge < -0.3 is 5.32 Å². The summed E-state index contributed by atoms with van der Waals surface area (Å²) in [5.74, 6) is 0. The normalized spacial score (nSPS) is 11.1. The van der Waals surface area contributed by atoms with E-state index in [0.29, 0.717) is 9.90 Å². The maximum absolute atomic E-state index is 12.1. The first-order valence-corrected chi connectivity index (χ1v) is 9.44. The zero-order chi connectivity index (χ0) is 16.1. The molecule has 1 heterocycles. The molecule has 0 unspecified atom stereocenters. The van der Waals surface area contributed by atoms with Gasteiger partial charge in [0.25, 0.3) is 10.0 Å². The molecule has 3 aromatic rings. The summed E-state index contributed by atoms with van der Waals surface area (Å²) in [7, 11) is -3.49. The van der Waals surface area contributed by atoms with Gasteiger partial charge in [0.1, 0.15) is 4.21 Å². The molecule has 0 aliphatic heterocycles. The number of rotatable bonds is 6. The van der Waals surface area contributed by atoms with Crippen LogP contribution in [0, 0.1) is 0 Å². The predicted octanol–water partition coefficient (Wildman–Crippen LogP) is 4.16. The molecule has 0 fully saturated rings. The van der Waals surface area contributed by atoms with Gasteiger partial charge in [0.15, 0.2) is 0 Å². The van der Waals surface area contributed by atoms with Gasteiger partial charge in [-0.25, -0.2) is 8.42 Å². The van der Waals surface area contributed by atoms with E-state index in [1.165, 1.54) is 16.9 Å². The summed E-state index contributed by atoms with van der Waals surface area (Å²) >= 11 is 1.20. The first-order valence-electron chi connectivity index (χ1n) is 7.08. The molecule has 0 radical (unpaired) electrons. The van der Waals surface area contributed by atoms with E-state index >= 15 is 0 Å². The molecule has 0 saturated carbocycles. The Morgan fingerprint density at radius 2 is 1.52 bits per heavy atom. The van der Waals surface area contributed by atoms with Crippen molar-refractivity contribution in [2.24, 2.45) is 0 Å². The summed E-state index contributed by atoms with van der Waals surface area (Å²) in [6.07, 6.45) is 0. The van der Waals surface area contributed by atoms with Gasteiger partial charge in [-0.3, -0.25) is 4.72 Å². The van der Waals surface area contributed by atoms with Crippen LogP contribution in [0.3, 0.4) is 0 Å². The van der Waals surface area contributed by atoms with Crippen LogP contribution in [0.5, 0.6) is 0 Å². The fraction of sp³-hybridized carbons (Fsp3) is 0.0588. The van der Waals surface area contributed by atoms with E-state index in [0.717, 1.165) is 12.2 Å². The van der Waals surface area contributed by atoms with Gasteiger partial charge in [-0.2, -0.15) is 0 Å². The fourth-order valence-corrected chi connectivity index (χ4v) is 4.13. The monoisotopic (exact) mass is 344 g/mol. The highest BCUT2D eigenvalue weighted by atomic mass is 32.2. The lowest BCUT2D eigenvalue weighted by Gasteiger charge is -2.09. The van der Waals surface area contributed by atoms with E-state index in [1.54, 1.807) is 29.6 Å². The van der Waals surface area contributed by atoms with Crippen LogP contribution in [0.4, 0.5) is 11.4 Å². The zero-order valence-corrected chi connectivity index (χ0v) is 13.9. The molecule has 1 aromatic heterocycles. The molecule has 4 nitrogen and oxygen atoms in total. The van der Waals surface area contributed by atoms with Crippen LogP contribution < -0.4 is 10.0 Å². The second-order valence-electron chi connectivity index (χ2n) is 4.95. The SMILES string of the molecule is O=S(=O)(Nc1ccc(NCc2ccccc2)cc1)c1cccs1. The summed E-state index contributed by atoms with van der Waals surface area (Å²) in [4.78, 5) is 0. The fourth-order valence-electron chi connectivity index (χ4n) is 2.08. The second-order valence-corrected chi connectivity index (χ2v) is 7.81. The molecular formula is C17H16N2O2S2. The van der Waals surface area contributed by atoms with Crippen LogP contribution in [0.2, 0.25) is 0 Å². The Morgan fingerprint density at radius 3 is 2.17 bits per heavy atom. The molecule has 0 spiro atoms. The molecule has 0 aliphatic rings. The summed E-state index contributed by atoms with van der Waals surface area (Å²) in [5.41, 5.74) is 2.67. The molecule has 0 amide bonds. The Bertz CT molecular complexity index is 843. The summed E-state index contributed by atoms with van der Waals surface area (Å²) in [6, 6.07) is 20.6. The molecule has 2 N–H and O–H groups in total. The summed E-state index contributed by atoms with van der Waals surface area (Å²) in [5, 5.41) is 5.04. The maximum Gasteiger partial charge on any atom is 0.271 e. The third-order valence-corrected chi connectivity index (χ3v) is 6.02. The third-order valence-electron chi connectivity index (χ3n) is 3.24. The average molecular weight is 344 g/mol. The van der Waals surface area contributed by atoms with Crippen LogP contribution in [-0.4, -0.2) is 8.42 Å². The quantitative estimate of drug-likeness (QED) is 0.706. The van der Waals surface area contributed by atoms with Crippen molar-refractivity contribution in [3.05, 3.63) is 77.7 Å². The number of benzene rings is 2. The molecule has 0 bridgehead atoms. The number of hydrogen-bond donors (Lipinski definition) is 2. The maximum atomic E-state index is 12.1. The van der Waals surface area contributed by atoms with Gasteiger partial charge >= 0.3 is 0 Å². The standard InChI is InChI=1S/C17H16N2O2S2/c20-23(21,17-7-4-12-22-17)19-16-10-8-15(9-11-16)18-13-14-5-2-1-3-6-14/h1-12,18-19H,13H2. The molecule has 23 heavy (non-hydrogen) atoms. The first-order chi connectivity index (χ1) is 11.1. The molecule has 3 rings (SSSR count). The van der Waals surface area contributed by atoms with Crippen molar-refractivity contribution in [3.63, 3.8) is 0 Å². The van der Waals surface area contributed by atoms with E-state index < -0.39 is 10.0 Å². The highest BCUT2D eigenvalue weighted by molar-refractivity contribution is 7.94. The molecular weight excluding hydrogens is 328 g/mol. The van der Waals surface area contributed by atoms with Crippen LogP contribution in [-0.2, 0) is 16.6 Å². The van der Waals surface area contributed by atoms with Gasteiger partial charge in [0, 0.05) is 17.9 Å². The Balaban J connectivity index is 1.63. The molecule has 2 aromatic carbocycles. The van der Waals surface area contributed by atoms with Crippen molar-refractivity contribution in [3.8, 4) is 0 Å². The van der Waals surface area contributed by atoms with Crippen molar-refractivity contribution >= 4 is 32.7 Å². The molecule has 6 heteroatoms. The molecule has 0 atom stereocenters. The lowest BCUT2D eigenvalue weighted by atomic mass is 10.2. The van der Waals surface area contributed by atoms with E-state index in [4.69, 9.17) is 0 Å². The van der Waals surface area contributed by atoms with Gasteiger partial charge in [-0.05, 0) is 41.3 Å². The predicted molar refractivity (Wildman–Crippen MR) is 95.3 cm³/mol. The topological polar surface area (TPSA) is 58.2 Å². The highest BCUT2D eigenvalue weighted by Crippen LogP contribution is 2.21.